The molecule has 0 bridgehead atoms. The van der Waals surface area contributed by atoms with E-state index in [1.54, 1.807) is 11.3 Å². The Morgan fingerprint density at radius 1 is 1.35 bits per heavy atom. The molecule has 2 aromatic rings. The van der Waals surface area contributed by atoms with Gasteiger partial charge >= 0.3 is 0 Å². The summed E-state index contributed by atoms with van der Waals surface area (Å²) in [6.45, 7) is 0. The molecule has 2 N–H and O–H groups in total. The maximum absolute atomic E-state index is 12.0. The number of nitrogens with two attached hydrogens (primary N) is 1. The lowest BCUT2D eigenvalue weighted by Gasteiger charge is -2.05. The lowest BCUT2D eigenvalue weighted by atomic mass is 10.3. The number of pyridine rings is 1. The van der Waals surface area contributed by atoms with Crippen molar-refractivity contribution in [2.45, 2.75) is 11.3 Å². The van der Waals surface area contributed by atoms with Gasteiger partial charge in [-0.1, -0.05) is 0 Å². The normalized spacial score (nSPS) is 11.5. The molecular formula is C11H12N2O2S2. The fourth-order valence-corrected chi connectivity index (χ4v) is 3.58. The fraction of sp³-hybridized carbons (Fsp3) is 0.182. The summed E-state index contributed by atoms with van der Waals surface area (Å²) in [4.78, 5) is 3.95. The van der Waals surface area contributed by atoms with Crippen LogP contribution in [0.3, 0.4) is 0 Å². The van der Waals surface area contributed by atoms with Crippen LogP contribution in [0.1, 0.15) is 5.56 Å². The highest BCUT2D eigenvalue weighted by Crippen LogP contribution is 2.19. The third kappa shape index (κ3) is 2.83. The van der Waals surface area contributed by atoms with Gasteiger partial charge in [0.15, 0.2) is 9.84 Å². The third-order valence-corrected chi connectivity index (χ3v) is 4.90. The summed E-state index contributed by atoms with van der Waals surface area (Å²) in [5.41, 5.74) is 6.86. The van der Waals surface area contributed by atoms with Gasteiger partial charge in [0, 0.05) is 6.20 Å². The van der Waals surface area contributed by atoms with Gasteiger partial charge in [-0.05, 0) is 34.9 Å². The second-order valence-corrected chi connectivity index (χ2v) is 6.47. The first-order valence-corrected chi connectivity index (χ1v) is 7.62. The topological polar surface area (TPSA) is 73.0 Å². The number of thiophene rings is 1. The highest BCUT2D eigenvalue weighted by molar-refractivity contribution is 7.91. The van der Waals surface area contributed by atoms with Crippen molar-refractivity contribution in [3.8, 4) is 0 Å². The summed E-state index contributed by atoms with van der Waals surface area (Å²) in [5, 5.41) is 3.88. The molecule has 17 heavy (non-hydrogen) atoms. The zero-order valence-corrected chi connectivity index (χ0v) is 10.7. The number of nitrogens with zero attached hydrogens (tertiary/aromatic N) is 1. The van der Waals surface area contributed by atoms with E-state index in [0.29, 0.717) is 6.42 Å². The minimum atomic E-state index is -3.33. The lowest BCUT2D eigenvalue weighted by molar-refractivity contribution is 0.595. The van der Waals surface area contributed by atoms with Crippen LogP contribution in [-0.2, 0) is 16.3 Å². The lowest BCUT2D eigenvalue weighted by Crippen LogP contribution is -2.11. The van der Waals surface area contributed by atoms with Crippen LogP contribution >= 0.6 is 11.3 Å². The van der Waals surface area contributed by atoms with Gasteiger partial charge in [0.2, 0.25) is 0 Å². The minimum absolute atomic E-state index is 0.0674. The average molecular weight is 268 g/mol. The zero-order chi connectivity index (χ0) is 12.3. The predicted octanol–water partition coefficient (Wildman–Crippen LogP) is 1.74. The van der Waals surface area contributed by atoms with Crippen LogP contribution in [0.5, 0.6) is 0 Å². The van der Waals surface area contributed by atoms with Crippen molar-refractivity contribution in [1.29, 1.82) is 0 Å². The van der Waals surface area contributed by atoms with Gasteiger partial charge in [-0.3, -0.25) is 4.98 Å². The van der Waals surface area contributed by atoms with Crippen LogP contribution in [-0.4, -0.2) is 19.2 Å². The van der Waals surface area contributed by atoms with E-state index in [9.17, 15) is 8.42 Å². The quantitative estimate of drug-likeness (QED) is 0.916. The first kappa shape index (κ1) is 12.1. The molecule has 2 heterocycles. The van der Waals surface area contributed by atoms with E-state index in [4.69, 9.17) is 5.73 Å². The second kappa shape index (κ2) is 4.85. The maximum Gasteiger partial charge on any atom is 0.180 e. The van der Waals surface area contributed by atoms with Gasteiger partial charge in [0.05, 0.1) is 22.5 Å². The molecule has 90 valence electrons. The van der Waals surface area contributed by atoms with E-state index in [1.165, 1.54) is 18.5 Å². The van der Waals surface area contributed by atoms with Crippen molar-refractivity contribution in [3.63, 3.8) is 0 Å². The van der Waals surface area contributed by atoms with Gasteiger partial charge < -0.3 is 5.73 Å². The molecule has 0 radical (unpaired) electrons. The molecule has 0 aromatic carbocycles. The molecule has 2 aromatic heterocycles. The number of hydrogen-bond acceptors (Lipinski definition) is 5. The highest BCUT2D eigenvalue weighted by Gasteiger charge is 2.17. The number of rotatable bonds is 4. The van der Waals surface area contributed by atoms with E-state index in [1.807, 2.05) is 16.8 Å². The molecule has 0 aliphatic carbocycles. The molecule has 0 aliphatic heterocycles. The van der Waals surface area contributed by atoms with Crippen molar-refractivity contribution in [2.75, 3.05) is 11.5 Å². The molecule has 0 atom stereocenters. The van der Waals surface area contributed by atoms with Crippen molar-refractivity contribution in [3.05, 3.63) is 40.8 Å². The number of aryl methyl sites for hydroxylation is 1. The number of anilines is 1. The van der Waals surface area contributed by atoms with Crippen LogP contribution in [0, 0.1) is 0 Å². The zero-order valence-electron chi connectivity index (χ0n) is 9.04. The van der Waals surface area contributed by atoms with Gasteiger partial charge in [0.25, 0.3) is 0 Å². The molecule has 0 amide bonds. The van der Waals surface area contributed by atoms with E-state index in [-0.39, 0.29) is 16.3 Å². The highest BCUT2D eigenvalue weighted by atomic mass is 32.2. The summed E-state index contributed by atoms with van der Waals surface area (Å²) in [6, 6.07) is 3.37. The molecular weight excluding hydrogens is 256 g/mol. The Labute approximate surface area is 104 Å². The smallest absolute Gasteiger partial charge is 0.180 e. The number of nitrogen functional groups attached to an aromatic ring is 1. The van der Waals surface area contributed by atoms with Crippen LogP contribution in [0.15, 0.2) is 40.2 Å². The van der Waals surface area contributed by atoms with Crippen LogP contribution in [0.4, 0.5) is 5.69 Å². The monoisotopic (exact) mass is 268 g/mol. The van der Waals surface area contributed by atoms with E-state index in [2.05, 4.69) is 4.98 Å². The predicted molar refractivity (Wildman–Crippen MR) is 68.7 cm³/mol. The largest absolute Gasteiger partial charge is 0.396 e. The van der Waals surface area contributed by atoms with Crippen LogP contribution in [0.2, 0.25) is 0 Å². The van der Waals surface area contributed by atoms with Gasteiger partial charge in [-0.15, -0.1) is 0 Å². The molecule has 0 aliphatic rings. The minimum Gasteiger partial charge on any atom is -0.396 e. The SMILES string of the molecule is Nc1cnccc1S(=O)(=O)CCc1ccsc1. The Morgan fingerprint density at radius 3 is 2.82 bits per heavy atom. The average Bonchev–Trinajstić information content (AvgIpc) is 2.80. The van der Waals surface area contributed by atoms with Gasteiger partial charge in [0.1, 0.15) is 0 Å². The van der Waals surface area contributed by atoms with E-state index >= 15 is 0 Å². The molecule has 0 saturated carbocycles. The van der Waals surface area contributed by atoms with Gasteiger partial charge in [-0.2, -0.15) is 11.3 Å². The Balaban J connectivity index is 2.17. The molecule has 0 fully saturated rings. The molecule has 4 nitrogen and oxygen atoms in total. The summed E-state index contributed by atoms with van der Waals surface area (Å²) < 4.78 is 24.1. The first-order valence-electron chi connectivity index (χ1n) is 5.03. The van der Waals surface area contributed by atoms with Crippen molar-refractivity contribution in [1.82, 2.24) is 4.98 Å². The molecule has 2 rings (SSSR count). The summed E-state index contributed by atoms with van der Waals surface area (Å²) in [5.74, 6) is 0.0674. The Kier molecular flexibility index (Phi) is 3.44. The van der Waals surface area contributed by atoms with Crippen molar-refractivity contribution >= 4 is 26.9 Å². The molecule has 0 saturated heterocycles. The van der Waals surface area contributed by atoms with Crippen LogP contribution < -0.4 is 5.73 Å². The summed E-state index contributed by atoms with van der Waals surface area (Å²) >= 11 is 1.56. The van der Waals surface area contributed by atoms with Gasteiger partial charge in [-0.25, -0.2) is 8.42 Å². The fourth-order valence-electron chi connectivity index (χ4n) is 1.47. The first-order chi connectivity index (χ1) is 8.09. The van der Waals surface area contributed by atoms with Crippen molar-refractivity contribution in [2.24, 2.45) is 0 Å². The number of hydrogen-bond donors (Lipinski definition) is 1. The Bertz CT molecular complexity index is 592. The van der Waals surface area contributed by atoms with E-state index in [0.717, 1.165) is 5.56 Å². The number of sulfone groups is 1. The standard InChI is InChI=1S/C11H12N2O2S2/c12-10-7-13-4-1-11(10)17(14,15)6-3-9-2-5-16-8-9/h1-2,4-5,7-8H,3,6,12H2. The Hall–Kier alpha value is -1.40. The van der Waals surface area contributed by atoms with Crippen molar-refractivity contribution < 1.29 is 8.42 Å². The second-order valence-electron chi connectivity index (χ2n) is 3.61. The Morgan fingerprint density at radius 2 is 2.18 bits per heavy atom. The molecule has 0 unspecified atom stereocenters. The molecule has 0 spiro atoms. The third-order valence-electron chi connectivity index (χ3n) is 2.38. The maximum atomic E-state index is 12.0. The molecule has 6 heteroatoms. The van der Waals surface area contributed by atoms with Crippen LogP contribution in [0.25, 0.3) is 0 Å². The summed E-state index contributed by atoms with van der Waals surface area (Å²) in [6.07, 6.45) is 3.30. The summed E-state index contributed by atoms with van der Waals surface area (Å²) in [7, 11) is -3.33. The number of aromatic nitrogens is 1. The van der Waals surface area contributed by atoms with E-state index < -0.39 is 9.84 Å².